The Morgan fingerprint density at radius 1 is 1.13 bits per heavy atom. The summed E-state index contributed by atoms with van der Waals surface area (Å²) >= 11 is 0. The third-order valence-corrected chi connectivity index (χ3v) is 2.43. The number of hydrogen-bond acceptors (Lipinski definition) is 3. The van der Waals surface area contributed by atoms with E-state index in [0.29, 0.717) is 19.3 Å². The highest BCUT2D eigenvalue weighted by Crippen LogP contribution is 2.17. The van der Waals surface area contributed by atoms with E-state index in [1.807, 2.05) is 6.92 Å². The lowest BCUT2D eigenvalue weighted by Crippen LogP contribution is -2.14. The lowest BCUT2D eigenvalue weighted by Gasteiger charge is -2.13. The van der Waals surface area contributed by atoms with Crippen LogP contribution in [0.15, 0.2) is 0 Å². The number of esters is 1. The number of ketones is 1. The lowest BCUT2D eigenvalue weighted by atomic mass is 9.93. The normalized spacial score (nSPS) is 12.2. The molecule has 0 aromatic heterocycles. The van der Waals surface area contributed by atoms with Crippen molar-refractivity contribution < 1.29 is 14.3 Å². The summed E-state index contributed by atoms with van der Waals surface area (Å²) in [6.45, 7) is 4.06. The number of methoxy groups -OCH3 is 1. The Morgan fingerprint density at radius 3 is 2.27 bits per heavy atom. The molecule has 0 saturated carbocycles. The molecule has 0 fully saturated rings. The molecule has 0 bridgehead atoms. The maximum Gasteiger partial charge on any atom is 0.305 e. The predicted octanol–water partition coefficient (Wildman–Crippen LogP) is 2.73. The van der Waals surface area contributed by atoms with Gasteiger partial charge >= 0.3 is 5.97 Å². The first kappa shape index (κ1) is 14.1. The molecule has 0 amide bonds. The highest BCUT2D eigenvalue weighted by atomic mass is 16.5. The average molecular weight is 214 g/mol. The molecule has 0 aromatic rings. The average Bonchev–Trinajstić information content (AvgIpc) is 2.18. The number of carbonyl (C=O) groups excluding carboxylic acids is 2. The quantitative estimate of drug-likeness (QED) is 0.583. The molecule has 0 aliphatic heterocycles. The van der Waals surface area contributed by atoms with E-state index in [1.165, 1.54) is 7.11 Å². The summed E-state index contributed by atoms with van der Waals surface area (Å²) in [6, 6.07) is 0. The summed E-state index contributed by atoms with van der Waals surface area (Å²) in [5, 5.41) is 0. The molecule has 3 heteroatoms. The summed E-state index contributed by atoms with van der Waals surface area (Å²) in [4.78, 5) is 22.5. The Morgan fingerprint density at radius 2 is 1.80 bits per heavy atom. The second kappa shape index (κ2) is 8.45. The largest absolute Gasteiger partial charge is 0.469 e. The summed E-state index contributed by atoms with van der Waals surface area (Å²) in [5.41, 5.74) is 0. The monoisotopic (exact) mass is 214 g/mol. The first-order valence-electron chi connectivity index (χ1n) is 5.72. The van der Waals surface area contributed by atoms with Gasteiger partial charge in [-0.25, -0.2) is 0 Å². The summed E-state index contributed by atoms with van der Waals surface area (Å²) in [7, 11) is 1.39. The van der Waals surface area contributed by atoms with Crippen LogP contribution in [0.4, 0.5) is 0 Å². The molecule has 0 saturated heterocycles. The van der Waals surface area contributed by atoms with Gasteiger partial charge < -0.3 is 4.74 Å². The molecule has 0 spiro atoms. The van der Waals surface area contributed by atoms with E-state index >= 15 is 0 Å². The number of ether oxygens (including phenoxy) is 1. The van der Waals surface area contributed by atoms with Crippen LogP contribution >= 0.6 is 0 Å². The molecule has 88 valence electrons. The molecular weight excluding hydrogens is 192 g/mol. The molecule has 0 N–H and O–H groups in total. The van der Waals surface area contributed by atoms with Crippen molar-refractivity contribution in [1.29, 1.82) is 0 Å². The van der Waals surface area contributed by atoms with Crippen LogP contribution in [0.1, 0.15) is 52.4 Å². The van der Waals surface area contributed by atoms with Crippen molar-refractivity contribution in [3.05, 3.63) is 0 Å². The SMILES string of the molecule is CCCC(=O)C[C@@H](CCC)CC(=O)OC. The Hall–Kier alpha value is -0.860. The van der Waals surface area contributed by atoms with Gasteiger partial charge in [0, 0.05) is 19.3 Å². The van der Waals surface area contributed by atoms with Crippen molar-refractivity contribution in [3.63, 3.8) is 0 Å². The van der Waals surface area contributed by atoms with Gasteiger partial charge in [0.1, 0.15) is 5.78 Å². The summed E-state index contributed by atoms with van der Waals surface area (Å²) in [6.07, 6.45) is 4.33. The molecule has 0 heterocycles. The standard InChI is InChI=1S/C12H22O3/c1-4-6-10(9-12(14)15-3)8-11(13)7-5-2/h10H,4-9H2,1-3H3/t10-/m1/s1. The van der Waals surface area contributed by atoms with Crippen LogP contribution in [0.3, 0.4) is 0 Å². The van der Waals surface area contributed by atoms with E-state index in [9.17, 15) is 9.59 Å². The highest BCUT2D eigenvalue weighted by molar-refractivity contribution is 5.79. The van der Waals surface area contributed by atoms with Crippen LogP contribution < -0.4 is 0 Å². The Balaban J connectivity index is 4.02. The minimum Gasteiger partial charge on any atom is -0.469 e. The maximum atomic E-state index is 11.4. The molecule has 0 aliphatic carbocycles. The van der Waals surface area contributed by atoms with Gasteiger partial charge in [-0.1, -0.05) is 20.3 Å². The number of carbonyl (C=O) groups is 2. The van der Waals surface area contributed by atoms with Crippen molar-refractivity contribution in [3.8, 4) is 0 Å². The van der Waals surface area contributed by atoms with Crippen molar-refractivity contribution in [1.82, 2.24) is 0 Å². The van der Waals surface area contributed by atoms with Gasteiger partial charge in [-0.3, -0.25) is 9.59 Å². The highest BCUT2D eigenvalue weighted by Gasteiger charge is 2.16. The molecule has 0 unspecified atom stereocenters. The van der Waals surface area contributed by atoms with E-state index < -0.39 is 0 Å². The third-order valence-electron chi connectivity index (χ3n) is 2.43. The molecule has 3 nitrogen and oxygen atoms in total. The minimum atomic E-state index is -0.210. The topological polar surface area (TPSA) is 43.4 Å². The molecule has 0 rings (SSSR count). The first-order valence-corrected chi connectivity index (χ1v) is 5.72. The predicted molar refractivity (Wildman–Crippen MR) is 59.6 cm³/mol. The van der Waals surface area contributed by atoms with E-state index in [2.05, 4.69) is 11.7 Å². The fourth-order valence-electron chi connectivity index (χ4n) is 1.71. The van der Waals surface area contributed by atoms with Crippen molar-refractivity contribution in [2.24, 2.45) is 5.92 Å². The van der Waals surface area contributed by atoms with Gasteiger partial charge in [0.05, 0.1) is 7.11 Å². The molecule has 0 aliphatic rings. The Labute approximate surface area is 92.2 Å². The van der Waals surface area contributed by atoms with E-state index in [-0.39, 0.29) is 17.7 Å². The summed E-state index contributed by atoms with van der Waals surface area (Å²) in [5.74, 6) is 0.221. The molecule has 0 radical (unpaired) electrons. The molecule has 1 atom stereocenters. The van der Waals surface area contributed by atoms with Crippen LogP contribution in [-0.4, -0.2) is 18.9 Å². The van der Waals surface area contributed by atoms with Crippen molar-refractivity contribution >= 4 is 11.8 Å². The van der Waals surface area contributed by atoms with Crippen LogP contribution in [0.2, 0.25) is 0 Å². The zero-order valence-electron chi connectivity index (χ0n) is 10.0. The zero-order valence-corrected chi connectivity index (χ0v) is 10.0. The fourth-order valence-corrected chi connectivity index (χ4v) is 1.71. The van der Waals surface area contributed by atoms with Gasteiger partial charge in [0.15, 0.2) is 0 Å². The van der Waals surface area contributed by atoms with Crippen LogP contribution in [0.25, 0.3) is 0 Å². The van der Waals surface area contributed by atoms with Crippen molar-refractivity contribution in [2.75, 3.05) is 7.11 Å². The van der Waals surface area contributed by atoms with Gasteiger partial charge in [0.25, 0.3) is 0 Å². The van der Waals surface area contributed by atoms with Gasteiger partial charge in [-0.15, -0.1) is 0 Å². The van der Waals surface area contributed by atoms with Gasteiger partial charge in [0.2, 0.25) is 0 Å². The number of Topliss-reactive ketones (excluding diaryl/α,β-unsaturated/α-hetero) is 1. The van der Waals surface area contributed by atoms with E-state index in [1.54, 1.807) is 0 Å². The maximum absolute atomic E-state index is 11.4. The van der Waals surface area contributed by atoms with Crippen LogP contribution in [0.5, 0.6) is 0 Å². The Bertz CT molecular complexity index is 199. The van der Waals surface area contributed by atoms with E-state index in [4.69, 9.17) is 0 Å². The van der Waals surface area contributed by atoms with Crippen LogP contribution in [0, 0.1) is 5.92 Å². The number of hydrogen-bond donors (Lipinski definition) is 0. The first-order chi connectivity index (χ1) is 7.13. The Kier molecular flexibility index (Phi) is 7.96. The van der Waals surface area contributed by atoms with Crippen molar-refractivity contribution in [2.45, 2.75) is 52.4 Å². The second-order valence-electron chi connectivity index (χ2n) is 3.93. The molecular formula is C12H22O3. The minimum absolute atomic E-state index is 0.168. The third kappa shape index (κ3) is 7.11. The molecule has 0 aromatic carbocycles. The smallest absolute Gasteiger partial charge is 0.305 e. The second-order valence-corrected chi connectivity index (χ2v) is 3.93. The van der Waals surface area contributed by atoms with Gasteiger partial charge in [-0.2, -0.15) is 0 Å². The van der Waals surface area contributed by atoms with Crippen LogP contribution in [-0.2, 0) is 14.3 Å². The zero-order chi connectivity index (χ0) is 11.7. The summed E-state index contributed by atoms with van der Waals surface area (Å²) < 4.78 is 4.62. The van der Waals surface area contributed by atoms with Gasteiger partial charge in [-0.05, 0) is 18.8 Å². The fraction of sp³-hybridized carbons (Fsp3) is 0.833. The lowest BCUT2D eigenvalue weighted by molar-refractivity contribution is -0.141. The molecule has 15 heavy (non-hydrogen) atoms. The number of rotatable bonds is 8. The van der Waals surface area contributed by atoms with E-state index in [0.717, 1.165) is 19.3 Å².